The summed E-state index contributed by atoms with van der Waals surface area (Å²) in [6.07, 6.45) is 0. The Morgan fingerprint density at radius 2 is 2.12 bits per heavy atom. The average molecular weight is 360 g/mol. The molecule has 0 atom stereocenters. The zero-order valence-corrected chi connectivity index (χ0v) is 14.7. The third kappa shape index (κ3) is 3.45. The summed E-state index contributed by atoms with van der Waals surface area (Å²) in [6.45, 7) is 1.97. The molecule has 130 valence electrons. The molecule has 0 unspecified atom stereocenters. The third-order valence-corrected chi connectivity index (χ3v) is 4.37. The summed E-state index contributed by atoms with van der Waals surface area (Å²) in [4.78, 5) is 17.4. The first-order valence-corrected chi connectivity index (χ1v) is 8.24. The van der Waals surface area contributed by atoms with E-state index in [0.29, 0.717) is 28.8 Å². The molecule has 1 N–H and O–H groups in total. The van der Waals surface area contributed by atoms with E-state index < -0.39 is 0 Å². The number of hydrogen-bond acceptors (Lipinski definition) is 8. The number of methoxy groups -OCH3 is 2. The van der Waals surface area contributed by atoms with Gasteiger partial charge in [-0.3, -0.25) is 4.79 Å². The van der Waals surface area contributed by atoms with Gasteiger partial charge in [-0.15, -0.1) is 21.5 Å². The number of benzene rings is 1. The van der Waals surface area contributed by atoms with Gasteiger partial charge < -0.3 is 19.2 Å². The van der Waals surface area contributed by atoms with Gasteiger partial charge in [0.05, 0.1) is 37.5 Å². The molecule has 0 saturated carbocycles. The third-order valence-electron chi connectivity index (χ3n) is 3.45. The van der Waals surface area contributed by atoms with Crippen LogP contribution in [-0.2, 0) is 6.54 Å². The quantitative estimate of drug-likeness (QED) is 0.721. The molecule has 0 fully saturated rings. The van der Waals surface area contributed by atoms with Crippen LogP contribution >= 0.6 is 11.3 Å². The van der Waals surface area contributed by atoms with Crippen molar-refractivity contribution in [1.82, 2.24) is 20.5 Å². The van der Waals surface area contributed by atoms with Gasteiger partial charge in [0.15, 0.2) is 11.5 Å². The number of nitrogens with zero attached hydrogens (tertiary/aromatic N) is 3. The maximum atomic E-state index is 12.4. The number of carbonyl (C=O) groups excluding carboxylic acids is 1. The maximum absolute atomic E-state index is 12.4. The van der Waals surface area contributed by atoms with Crippen LogP contribution in [0.5, 0.6) is 11.5 Å². The SMILES string of the molecule is COc1cccc(C(=O)NCc2nnc(-c3scnc3C)o2)c1OC. The first kappa shape index (κ1) is 16.9. The highest BCUT2D eigenvalue weighted by molar-refractivity contribution is 7.13. The fourth-order valence-corrected chi connectivity index (χ4v) is 2.96. The Kier molecular flexibility index (Phi) is 4.94. The minimum Gasteiger partial charge on any atom is -0.493 e. The van der Waals surface area contributed by atoms with Crippen LogP contribution in [0.3, 0.4) is 0 Å². The van der Waals surface area contributed by atoms with Gasteiger partial charge in [-0.2, -0.15) is 0 Å². The Balaban J connectivity index is 1.71. The molecule has 0 spiro atoms. The highest BCUT2D eigenvalue weighted by atomic mass is 32.1. The molecule has 8 nitrogen and oxygen atoms in total. The van der Waals surface area contributed by atoms with Crippen LogP contribution in [-0.4, -0.2) is 35.3 Å². The molecule has 0 aliphatic heterocycles. The van der Waals surface area contributed by atoms with Crippen molar-refractivity contribution in [1.29, 1.82) is 0 Å². The van der Waals surface area contributed by atoms with Gasteiger partial charge in [0.1, 0.15) is 4.88 Å². The summed E-state index contributed by atoms with van der Waals surface area (Å²) in [5, 5.41) is 10.7. The highest BCUT2D eigenvalue weighted by Gasteiger charge is 2.18. The molecule has 1 amide bonds. The lowest BCUT2D eigenvalue weighted by atomic mass is 10.1. The van der Waals surface area contributed by atoms with Gasteiger partial charge in [-0.25, -0.2) is 4.98 Å². The molecule has 0 saturated heterocycles. The molecule has 25 heavy (non-hydrogen) atoms. The lowest BCUT2D eigenvalue weighted by molar-refractivity contribution is 0.0943. The van der Waals surface area contributed by atoms with Gasteiger partial charge in [-0.1, -0.05) is 6.07 Å². The Bertz CT molecular complexity index is 890. The molecule has 0 aliphatic carbocycles. The first-order chi connectivity index (χ1) is 12.1. The Morgan fingerprint density at radius 3 is 2.80 bits per heavy atom. The van der Waals surface area contributed by atoms with Gasteiger partial charge in [0.25, 0.3) is 11.8 Å². The van der Waals surface area contributed by atoms with Crippen molar-refractivity contribution in [2.45, 2.75) is 13.5 Å². The Morgan fingerprint density at radius 1 is 1.28 bits per heavy atom. The summed E-state index contributed by atoms with van der Waals surface area (Å²) in [7, 11) is 3.00. The van der Waals surface area contributed by atoms with E-state index in [-0.39, 0.29) is 12.5 Å². The number of ether oxygens (including phenoxy) is 2. The Hall–Kier alpha value is -2.94. The normalized spacial score (nSPS) is 10.5. The Labute approximate surface area is 147 Å². The topological polar surface area (TPSA) is 99.4 Å². The second-order valence-corrected chi connectivity index (χ2v) is 5.85. The molecule has 0 radical (unpaired) electrons. The second kappa shape index (κ2) is 7.31. The van der Waals surface area contributed by atoms with E-state index in [0.717, 1.165) is 10.6 Å². The van der Waals surface area contributed by atoms with E-state index in [2.05, 4.69) is 20.5 Å². The smallest absolute Gasteiger partial charge is 0.259 e. The average Bonchev–Trinajstić information content (AvgIpc) is 3.27. The maximum Gasteiger partial charge on any atom is 0.259 e. The fourth-order valence-electron chi connectivity index (χ4n) is 2.24. The number of nitrogens with one attached hydrogen (secondary N) is 1. The van der Waals surface area contributed by atoms with Crippen molar-refractivity contribution >= 4 is 17.2 Å². The van der Waals surface area contributed by atoms with Crippen molar-refractivity contribution in [2.24, 2.45) is 0 Å². The zero-order valence-electron chi connectivity index (χ0n) is 13.9. The molecule has 1 aromatic carbocycles. The largest absolute Gasteiger partial charge is 0.493 e. The van der Waals surface area contributed by atoms with Crippen LogP contribution in [0.4, 0.5) is 0 Å². The molecular weight excluding hydrogens is 344 g/mol. The second-order valence-electron chi connectivity index (χ2n) is 4.99. The summed E-state index contributed by atoms with van der Waals surface area (Å²) >= 11 is 1.42. The van der Waals surface area contributed by atoms with E-state index >= 15 is 0 Å². The van der Waals surface area contributed by atoms with Crippen LogP contribution in [0.15, 0.2) is 28.1 Å². The molecular formula is C16H16N4O4S. The van der Waals surface area contributed by atoms with Gasteiger partial charge in [0.2, 0.25) is 5.89 Å². The first-order valence-electron chi connectivity index (χ1n) is 7.36. The predicted octanol–water partition coefficient (Wildman–Crippen LogP) is 2.45. The number of carbonyl (C=O) groups is 1. The highest BCUT2D eigenvalue weighted by Crippen LogP contribution is 2.30. The molecule has 9 heteroatoms. The number of amides is 1. The minimum absolute atomic E-state index is 0.101. The van der Waals surface area contributed by atoms with Gasteiger partial charge in [-0.05, 0) is 19.1 Å². The summed E-state index contributed by atoms with van der Waals surface area (Å²) in [5.41, 5.74) is 2.90. The summed E-state index contributed by atoms with van der Waals surface area (Å²) in [6, 6.07) is 5.08. The predicted molar refractivity (Wildman–Crippen MR) is 90.9 cm³/mol. The lowest BCUT2D eigenvalue weighted by Crippen LogP contribution is -2.23. The van der Waals surface area contributed by atoms with Crippen molar-refractivity contribution in [2.75, 3.05) is 14.2 Å². The molecule has 2 aromatic heterocycles. The van der Waals surface area contributed by atoms with E-state index in [1.54, 1.807) is 23.7 Å². The fraction of sp³-hybridized carbons (Fsp3) is 0.250. The van der Waals surface area contributed by atoms with Crippen LogP contribution in [0.25, 0.3) is 10.8 Å². The summed E-state index contributed by atoms with van der Waals surface area (Å²) < 4.78 is 16.0. The summed E-state index contributed by atoms with van der Waals surface area (Å²) in [5.74, 6) is 1.22. The van der Waals surface area contributed by atoms with Crippen molar-refractivity contribution in [3.05, 3.63) is 40.9 Å². The minimum atomic E-state index is -0.329. The molecule has 2 heterocycles. The molecule has 0 bridgehead atoms. The van der Waals surface area contributed by atoms with Crippen molar-refractivity contribution < 1.29 is 18.7 Å². The van der Waals surface area contributed by atoms with E-state index in [4.69, 9.17) is 13.9 Å². The van der Waals surface area contributed by atoms with E-state index in [9.17, 15) is 4.79 Å². The van der Waals surface area contributed by atoms with Gasteiger partial charge in [0, 0.05) is 0 Å². The number of aromatic nitrogens is 3. The molecule has 0 aliphatic rings. The number of thiazole rings is 1. The van der Waals surface area contributed by atoms with Crippen LogP contribution < -0.4 is 14.8 Å². The lowest BCUT2D eigenvalue weighted by Gasteiger charge is -2.11. The number of aryl methyl sites for hydroxylation is 1. The van der Waals surface area contributed by atoms with Crippen molar-refractivity contribution in [3.63, 3.8) is 0 Å². The number of para-hydroxylation sites is 1. The van der Waals surface area contributed by atoms with Crippen LogP contribution in [0.1, 0.15) is 21.9 Å². The zero-order chi connectivity index (χ0) is 17.8. The van der Waals surface area contributed by atoms with E-state index in [1.165, 1.54) is 25.6 Å². The van der Waals surface area contributed by atoms with Gasteiger partial charge >= 0.3 is 0 Å². The number of rotatable bonds is 6. The van der Waals surface area contributed by atoms with Crippen LogP contribution in [0, 0.1) is 6.92 Å². The molecule has 3 aromatic rings. The number of hydrogen-bond donors (Lipinski definition) is 1. The van der Waals surface area contributed by atoms with Crippen molar-refractivity contribution in [3.8, 4) is 22.3 Å². The standard InChI is InChI=1S/C16H16N4O4S/c1-9-14(25-8-18-9)16-20-19-12(24-16)7-17-15(21)10-5-4-6-11(22-2)13(10)23-3/h4-6,8H,7H2,1-3H3,(H,17,21). The van der Waals surface area contributed by atoms with E-state index in [1.807, 2.05) is 6.92 Å². The molecule has 3 rings (SSSR count). The van der Waals surface area contributed by atoms with Crippen LogP contribution in [0.2, 0.25) is 0 Å². The monoisotopic (exact) mass is 360 g/mol.